The van der Waals surface area contributed by atoms with E-state index in [-0.39, 0.29) is 48.9 Å². The third-order valence-corrected chi connectivity index (χ3v) is 13.7. The van der Waals surface area contributed by atoms with E-state index in [2.05, 4.69) is 104 Å². The summed E-state index contributed by atoms with van der Waals surface area (Å²) < 4.78 is 0. The van der Waals surface area contributed by atoms with Gasteiger partial charge in [-0.3, -0.25) is 38.5 Å². The number of allylic oxidation sites excluding steroid dienone is 12. The number of likely N-dealkylation sites (tertiary alicyclic amines) is 1. The lowest BCUT2D eigenvalue weighted by molar-refractivity contribution is -0.146. The number of hydrogen-bond donors (Lipinski definition) is 5. The molecule has 1 saturated heterocycles. The number of Topliss-reactive ketones (excluding diaryl/α,β-unsaturated/α-hetero) is 1. The summed E-state index contributed by atoms with van der Waals surface area (Å²) in [7, 11) is 0. The molecule has 1 aromatic rings. The smallest absolute Gasteiger partial charge is 0.289 e. The highest BCUT2D eigenvalue weighted by molar-refractivity contribution is 6.38. The van der Waals surface area contributed by atoms with Crippen molar-refractivity contribution in [2.45, 2.75) is 168 Å². The third kappa shape index (κ3) is 19.6. The number of rotatable bonds is 28. The van der Waals surface area contributed by atoms with Crippen molar-refractivity contribution in [1.82, 2.24) is 41.5 Å². The summed E-state index contributed by atoms with van der Waals surface area (Å²) in [6, 6.07) is -4.06. The van der Waals surface area contributed by atoms with E-state index in [1.165, 1.54) is 18.6 Å². The molecule has 394 valence electrons. The van der Waals surface area contributed by atoms with E-state index in [0.717, 1.165) is 83.5 Å². The maximum atomic E-state index is 14.8. The molecule has 2 heterocycles. The summed E-state index contributed by atoms with van der Waals surface area (Å²) in [6.07, 6.45) is 43.0. The van der Waals surface area contributed by atoms with Crippen LogP contribution in [0.5, 0.6) is 0 Å². The number of aromatic nitrogens is 2. The Bertz CT molecular complexity index is 2100. The predicted molar refractivity (Wildman–Crippen MR) is 283 cm³/mol. The van der Waals surface area contributed by atoms with Gasteiger partial charge in [0, 0.05) is 38.4 Å². The van der Waals surface area contributed by atoms with Crippen molar-refractivity contribution in [3.8, 4) is 0 Å². The Labute approximate surface area is 429 Å². The molecule has 72 heavy (non-hydrogen) atoms. The van der Waals surface area contributed by atoms with E-state index in [1.54, 1.807) is 18.7 Å². The summed E-state index contributed by atoms with van der Waals surface area (Å²) >= 11 is 0. The van der Waals surface area contributed by atoms with Gasteiger partial charge in [0.05, 0.1) is 12.2 Å². The van der Waals surface area contributed by atoms with Crippen molar-refractivity contribution in [3.63, 3.8) is 0 Å². The molecule has 0 radical (unpaired) electrons. The Kier molecular flexibility index (Phi) is 25.6. The molecule has 4 rings (SSSR count). The van der Waals surface area contributed by atoms with Gasteiger partial charge in [0.25, 0.3) is 11.8 Å². The van der Waals surface area contributed by atoms with Gasteiger partial charge in [-0.05, 0) is 99.7 Å². The second-order valence-corrected chi connectivity index (χ2v) is 20.7. The number of hydrogen-bond acceptors (Lipinski definition) is 9. The molecule has 15 nitrogen and oxygen atoms in total. The number of carbonyl (C=O) groups is 7. The van der Waals surface area contributed by atoms with Gasteiger partial charge in [0.2, 0.25) is 29.4 Å². The zero-order chi connectivity index (χ0) is 52.3. The first-order valence-corrected chi connectivity index (χ1v) is 26.6. The molecular formula is C57H84N8O7. The fraction of sp³-hybridized carbons (Fsp3) is 0.596. The molecule has 0 spiro atoms. The fourth-order valence-electron chi connectivity index (χ4n) is 9.73. The molecule has 3 fully saturated rings. The molecule has 6 atom stereocenters. The Morgan fingerprint density at radius 3 is 1.88 bits per heavy atom. The molecule has 15 heteroatoms. The van der Waals surface area contributed by atoms with Gasteiger partial charge in [-0.2, -0.15) is 0 Å². The van der Waals surface area contributed by atoms with Gasteiger partial charge >= 0.3 is 0 Å². The van der Waals surface area contributed by atoms with Crippen LogP contribution in [0.3, 0.4) is 0 Å². The van der Waals surface area contributed by atoms with Crippen LogP contribution in [0.15, 0.2) is 91.5 Å². The monoisotopic (exact) mass is 993 g/mol. The predicted octanol–water partition coefficient (Wildman–Crippen LogP) is 7.73. The van der Waals surface area contributed by atoms with Gasteiger partial charge in [-0.1, -0.05) is 140 Å². The van der Waals surface area contributed by atoms with Crippen LogP contribution in [0.25, 0.3) is 0 Å². The lowest BCUT2D eigenvalue weighted by Gasteiger charge is -2.38. The van der Waals surface area contributed by atoms with E-state index in [0.29, 0.717) is 19.4 Å². The summed E-state index contributed by atoms with van der Waals surface area (Å²) in [5.74, 6) is -4.54. The van der Waals surface area contributed by atoms with Crippen molar-refractivity contribution in [1.29, 1.82) is 0 Å². The average molecular weight is 993 g/mol. The SMILES string of the molecule is CC/C=C\C/C=C\C/C=C\C/C=C\C/C=C\C/C=C\CCC(=O)NCCNC(=O)C(=O)[C@@H](NC(=O)[C@H]1[C@H]2CCC[C@H]2CN1C(=O)[C@H](NC(=O)[C@@H](NC(=O)c1cnccn1)C1CCCCC1)C(C)(C)C)C(C)C. The summed E-state index contributed by atoms with van der Waals surface area (Å²) in [5, 5.41) is 14.1. The Morgan fingerprint density at radius 1 is 0.708 bits per heavy atom. The zero-order valence-electron chi connectivity index (χ0n) is 43.9. The van der Waals surface area contributed by atoms with Crippen LogP contribution >= 0.6 is 0 Å². The molecule has 1 aromatic heterocycles. The van der Waals surface area contributed by atoms with Crippen LogP contribution in [0, 0.1) is 29.1 Å². The van der Waals surface area contributed by atoms with Gasteiger partial charge in [0.15, 0.2) is 0 Å². The van der Waals surface area contributed by atoms with Crippen LogP contribution in [0.1, 0.15) is 155 Å². The van der Waals surface area contributed by atoms with Crippen LogP contribution in [0.2, 0.25) is 0 Å². The Hall–Kier alpha value is -5.99. The van der Waals surface area contributed by atoms with Crippen LogP contribution < -0.4 is 26.6 Å². The molecule has 0 bridgehead atoms. The minimum absolute atomic E-state index is 0.0230. The molecule has 2 saturated carbocycles. The average Bonchev–Trinajstić information content (AvgIpc) is 3.98. The molecule has 0 aromatic carbocycles. The van der Waals surface area contributed by atoms with E-state index in [4.69, 9.17) is 0 Å². The molecular weight excluding hydrogens is 909 g/mol. The quantitative estimate of drug-likeness (QED) is 0.0316. The zero-order valence-corrected chi connectivity index (χ0v) is 43.9. The van der Waals surface area contributed by atoms with Gasteiger partial charge in [-0.15, -0.1) is 0 Å². The normalized spacial score (nSPS) is 19.9. The highest BCUT2D eigenvalue weighted by Gasteiger charge is 2.52. The Morgan fingerprint density at radius 2 is 1.31 bits per heavy atom. The largest absolute Gasteiger partial charge is 0.354 e. The van der Waals surface area contributed by atoms with Gasteiger partial charge < -0.3 is 31.5 Å². The van der Waals surface area contributed by atoms with Crippen molar-refractivity contribution in [3.05, 3.63) is 97.2 Å². The number of nitrogens with one attached hydrogen (secondary N) is 5. The van der Waals surface area contributed by atoms with Crippen molar-refractivity contribution < 1.29 is 33.6 Å². The van der Waals surface area contributed by atoms with E-state index in [9.17, 15) is 33.6 Å². The number of fused-ring (bicyclic) bond motifs is 1. The standard InChI is InChI=1S/C57H84N8O7/c1-7-8-9-10-11-12-13-14-15-16-17-18-19-20-21-22-23-24-28-34-46(66)60-37-38-61-55(71)50(67)47(41(2)3)62-54(70)49-44-33-29-32-43(44)40-65(49)56(72)51(57(4,5)6)64-53(69)48(42-30-26-25-27-31-42)63-52(68)45-39-58-35-36-59-45/h8-9,11-12,14-15,17-18,20-21,23-24,35-36,39,41-44,47-49,51H,7,10,13,16,19,22,25-34,37-38,40H2,1-6H3,(H,60,66)(H,61,71)(H,62,70)(H,63,68)(H,64,69)/b9-8-,12-11-,15-14-,18-17-,21-20-,24-23-/t43-,44-,47-,48-,49+,51-/m0/s1. The highest BCUT2D eigenvalue weighted by atomic mass is 16.2. The third-order valence-electron chi connectivity index (χ3n) is 13.7. The molecule has 0 unspecified atom stereocenters. The lowest BCUT2D eigenvalue weighted by atomic mass is 9.82. The number of ketones is 1. The topological polar surface area (TPSA) is 209 Å². The van der Waals surface area contributed by atoms with E-state index >= 15 is 0 Å². The molecule has 6 amide bonds. The molecule has 1 aliphatic heterocycles. The van der Waals surface area contributed by atoms with Crippen LogP contribution in [0.4, 0.5) is 0 Å². The molecule has 5 N–H and O–H groups in total. The maximum absolute atomic E-state index is 14.8. The summed E-state index contributed by atoms with van der Waals surface area (Å²) in [5.41, 5.74) is -0.712. The minimum Gasteiger partial charge on any atom is -0.354 e. The van der Waals surface area contributed by atoms with Crippen molar-refractivity contribution in [2.24, 2.45) is 29.1 Å². The lowest BCUT2D eigenvalue weighted by Crippen LogP contribution is -2.62. The highest BCUT2D eigenvalue weighted by Crippen LogP contribution is 2.43. The first kappa shape index (κ1) is 58.6. The maximum Gasteiger partial charge on any atom is 0.289 e. The number of nitrogens with zero attached hydrogens (tertiary/aromatic N) is 3. The van der Waals surface area contributed by atoms with Crippen molar-refractivity contribution in [2.75, 3.05) is 19.6 Å². The molecule has 3 aliphatic rings. The molecule has 2 aliphatic carbocycles. The first-order chi connectivity index (χ1) is 34.6. The first-order valence-electron chi connectivity index (χ1n) is 26.6. The second kappa shape index (κ2) is 31.5. The summed E-state index contributed by atoms with van der Waals surface area (Å²) in [6.45, 7) is 11.6. The second-order valence-electron chi connectivity index (χ2n) is 20.7. The van der Waals surface area contributed by atoms with E-state index in [1.807, 2.05) is 32.9 Å². The van der Waals surface area contributed by atoms with Crippen LogP contribution in [-0.4, -0.2) is 99.9 Å². The van der Waals surface area contributed by atoms with Crippen molar-refractivity contribution >= 4 is 41.2 Å². The van der Waals surface area contributed by atoms with Crippen LogP contribution in [-0.2, 0) is 28.8 Å². The van der Waals surface area contributed by atoms with Gasteiger partial charge in [-0.25, -0.2) is 4.98 Å². The minimum atomic E-state index is -1.17. The fourth-order valence-corrected chi connectivity index (χ4v) is 9.73. The number of carbonyl (C=O) groups excluding carboxylic acids is 7. The number of amides is 6. The Balaban J connectivity index is 1.24. The van der Waals surface area contributed by atoms with E-state index < -0.39 is 70.8 Å². The van der Waals surface area contributed by atoms with Gasteiger partial charge in [0.1, 0.15) is 23.8 Å². The summed E-state index contributed by atoms with van der Waals surface area (Å²) in [4.78, 5) is 106.